The zero-order chi connectivity index (χ0) is 11.1. The molecule has 0 heterocycles. The lowest BCUT2D eigenvalue weighted by atomic mass is 10.2. The van der Waals surface area contributed by atoms with E-state index < -0.39 is 0 Å². The number of nitrogens with zero attached hydrogens (tertiary/aromatic N) is 1. The van der Waals surface area contributed by atoms with E-state index in [1.807, 2.05) is 20.8 Å². The molecule has 0 radical (unpaired) electrons. The molecule has 4 heteroatoms. The van der Waals surface area contributed by atoms with Crippen molar-refractivity contribution < 1.29 is 9.53 Å². The van der Waals surface area contributed by atoms with Gasteiger partial charge in [0.25, 0.3) is 0 Å². The molecule has 0 aromatic carbocycles. The predicted molar refractivity (Wildman–Crippen MR) is 57.0 cm³/mol. The van der Waals surface area contributed by atoms with E-state index in [1.165, 1.54) is 0 Å². The van der Waals surface area contributed by atoms with E-state index in [9.17, 15) is 4.79 Å². The molecule has 1 atom stereocenters. The van der Waals surface area contributed by atoms with Crippen molar-refractivity contribution >= 4 is 5.91 Å². The zero-order valence-corrected chi connectivity index (χ0v) is 9.62. The Morgan fingerprint density at radius 3 is 2.50 bits per heavy atom. The van der Waals surface area contributed by atoms with Crippen molar-refractivity contribution in [2.24, 2.45) is 5.73 Å². The standard InChI is InChI=1S/C10H22N2O2/c1-5-9(11)10(13)12(4)6-7-14-8(2)3/h8-9H,5-7,11H2,1-4H3/t9-/m0/s1. The summed E-state index contributed by atoms with van der Waals surface area (Å²) in [6.07, 6.45) is 0.882. The Labute approximate surface area is 86.4 Å². The largest absolute Gasteiger partial charge is 0.377 e. The number of hydrogen-bond acceptors (Lipinski definition) is 3. The summed E-state index contributed by atoms with van der Waals surface area (Å²) >= 11 is 0. The number of carbonyl (C=O) groups is 1. The fraction of sp³-hybridized carbons (Fsp3) is 0.900. The van der Waals surface area contributed by atoms with Crippen LogP contribution in [0.5, 0.6) is 0 Å². The smallest absolute Gasteiger partial charge is 0.239 e. The van der Waals surface area contributed by atoms with Crippen LogP contribution in [0.4, 0.5) is 0 Å². The average Bonchev–Trinajstić information content (AvgIpc) is 2.14. The fourth-order valence-corrected chi connectivity index (χ4v) is 0.993. The van der Waals surface area contributed by atoms with Crippen LogP contribution in [0.15, 0.2) is 0 Å². The monoisotopic (exact) mass is 202 g/mol. The van der Waals surface area contributed by atoms with Crippen molar-refractivity contribution in [3.63, 3.8) is 0 Å². The van der Waals surface area contributed by atoms with Gasteiger partial charge in [-0.25, -0.2) is 0 Å². The lowest BCUT2D eigenvalue weighted by molar-refractivity contribution is -0.132. The van der Waals surface area contributed by atoms with Crippen molar-refractivity contribution in [1.29, 1.82) is 0 Å². The van der Waals surface area contributed by atoms with Gasteiger partial charge in [-0.1, -0.05) is 6.92 Å². The second-order valence-electron chi connectivity index (χ2n) is 3.69. The summed E-state index contributed by atoms with van der Waals surface area (Å²) in [4.78, 5) is 13.1. The molecular formula is C10H22N2O2. The van der Waals surface area contributed by atoms with Crippen LogP contribution in [0.25, 0.3) is 0 Å². The van der Waals surface area contributed by atoms with Crippen molar-refractivity contribution in [2.75, 3.05) is 20.2 Å². The zero-order valence-electron chi connectivity index (χ0n) is 9.62. The number of hydrogen-bond donors (Lipinski definition) is 1. The van der Waals surface area contributed by atoms with Gasteiger partial charge in [0.05, 0.1) is 18.8 Å². The van der Waals surface area contributed by atoms with Crippen LogP contribution in [-0.4, -0.2) is 43.2 Å². The second kappa shape index (κ2) is 6.79. The van der Waals surface area contributed by atoms with Crippen LogP contribution in [0.2, 0.25) is 0 Å². The molecule has 0 fully saturated rings. The molecule has 0 spiro atoms. The Bertz CT molecular complexity index is 172. The van der Waals surface area contributed by atoms with E-state index in [1.54, 1.807) is 11.9 Å². The van der Waals surface area contributed by atoms with Crippen molar-refractivity contribution in [1.82, 2.24) is 4.90 Å². The molecule has 0 saturated heterocycles. The van der Waals surface area contributed by atoms with Gasteiger partial charge < -0.3 is 15.4 Å². The van der Waals surface area contributed by atoms with Gasteiger partial charge in [0.15, 0.2) is 0 Å². The average molecular weight is 202 g/mol. The molecule has 0 unspecified atom stereocenters. The molecule has 0 aromatic rings. The van der Waals surface area contributed by atoms with Crippen molar-refractivity contribution in [3.8, 4) is 0 Å². The molecule has 14 heavy (non-hydrogen) atoms. The van der Waals surface area contributed by atoms with E-state index in [-0.39, 0.29) is 18.1 Å². The Morgan fingerprint density at radius 1 is 1.50 bits per heavy atom. The third kappa shape index (κ3) is 5.19. The predicted octanol–water partition coefficient (Wildman–Crippen LogP) is 0.607. The van der Waals surface area contributed by atoms with Crippen LogP contribution < -0.4 is 5.73 Å². The molecule has 0 rings (SSSR count). The van der Waals surface area contributed by atoms with E-state index in [4.69, 9.17) is 10.5 Å². The molecule has 2 N–H and O–H groups in total. The molecule has 0 aliphatic rings. The van der Waals surface area contributed by atoms with E-state index in [2.05, 4.69) is 0 Å². The van der Waals surface area contributed by atoms with E-state index in [0.717, 1.165) is 0 Å². The minimum Gasteiger partial charge on any atom is -0.377 e. The van der Waals surface area contributed by atoms with Crippen LogP contribution in [-0.2, 0) is 9.53 Å². The summed E-state index contributed by atoms with van der Waals surface area (Å²) in [5, 5.41) is 0. The summed E-state index contributed by atoms with van der Waals surface area (Å²) < 4.78 is 5.34. The first-order chi connectivity index (χ1) is 6.49. The number of likely N-dealkylation sites (N-methyl/N-ethyl adjacent to an activating group) is 1. The highest BCUT2D eigenvalue weighted by Gasteiger charge is 2.15. The van der Waals surface area contributed by atoms with Crippen molar-refractivity contribution in [2.45, 2.75) is 39.3 Å². The summed E-state index contributed by atoms with van der Waals surface area (Å²) in [5.74, 6) is -0.0140. The highest BCUT2D eigenvalue weighted by Crippen LogP contribution is 1.95. The maximum absolute atomic E-state index is 11.5. The molecule has 0 aliphatic carbocycles. The number of ether oxygens (including phenoxy) is 1. The third-order valence-electron chi connectivity index (χ3n) is 2.01. The quantitative estimate of drug-likeness (QED) is 0.686. The first-order valence-corrected chi connectivity index (χ1v) is 5.11. The number of nitrogens with two attached hydrogens (primary N) is 1. The minimum atomic E-state index is -0.376. The van der Waals surface area contributed by atoms with Gasteiger partial charge >= 0.3 is 0 Å². The Morgan fingerprint density at radius 2 is 2.07 bits per heavy atom. The molecule has 0 aliphatic heterocycles. The van der Waals surface area contributed by atoms with Crippen LogP contribution in [0.3, 0.4) is 0 Å². The molecule has 4 nitrogen and oxygen atoms in total. The molecule has 0 saturated carbocycles. The highest BCUT2D eigenvalue weighted by molar-refractivity contribution is 5.81. The Kier molecular flexibility index (Phi) is 6.49. The van der Waals surface area contributed by atoms with Crippen molar-refractivity contribution in [3.05, 3.63) is 0 Å². The number of amides is 1. The van der Waals surface area contributed by atoms with Gasteiger partial charge in [0, 0.05) is 13.6 Å². The maximum Gasteiger partial charge on any atom is 0.239 e. The first-order valence-electron chi connectivity index (χ1n) is 5.11. The molecular weight excluding hydrogens is 180 g/mol. The number of carbonyl (C=O) groups excluding carboxylic acids is 1. The van der Waals surface area contributed by atoms with E-state index >= 15 is 0 Å². The van der Waals surface area contributed by atoms with Gasteiger partial charge in [-0.05, 0) is 20.3 Å². The van der Waals surface area contributed by atoms with Crippen LogP contribution in [0, 0.1) is 0 Å². The fourth-order valence-electron chi connectivity index (χ4n) is 0.993. The summed E-state index contributed by atoms with van der Waals surface area (Å²) in [6, 6.07) is -0.376. The summed E-state index contributed by atoms with van der Waals surface area (Å²) in [7, 11) is 1.75. The summed E-state index contributed by atoms with van der Waals surface area (Å²) in [6.45, 7) is 7.02. The van der Waals surface area contributed by atoms with Gasteiger partial charge in [0.2, 0.25) is 5.91 Å². The van der Waals surface area contributed by atoms with Gasteiger partial charge in [-0.2, -0.15) is 0 Å². The van der Waals surface area contributed by atoms with Gasteiger partial charge in [0.1, 0.15) is 0 Å². The van der Waals surface area contributed by atoms with Crippen LogP contribution in [0.1, 0.15) is 27.2 Å². The van der Waals surface area contributed by atoms with Crippen LogP contribution >= 0.6 is 0 Å². The lowest BCUT2D eigenvalue weighted by Crippen LogP contribution is -2.42. The topological polar surface area (TPSA) is 55.6 Å². The van der Waals surface area contributed by atoms with Gasteiger partial charge in [-0.15, -0.1) is 0 Å². The normalized spacial score (nSPS) is 13.0. The third-order valence-corrected chi connectivity index (χ3v) is 2.01. The number of rotatable bonds is 6. The lowest BCUT2D eigenvalue weighted by Gasteiger charge is -2.21. The molecule has 0 bridgehead atoms. The SMILES string of the molecule is CC[C@H](N)C(=O)N(C)CCOC(C)C. The highest BCUT2D eigenvalue weighted by atomic mass is 16.5. The molecule has 84 valence electrons. The molecule has 0 aromatic heterocycles. The van der Waals surface area contributed by atoms with Gasteiger partial charge in [-0.3, -0.25) is 4.79 Å². The summed E-state index contributed by atoms with van der Waals surface area (Å²) in [5.41, 5.74) is 5.62. The first kappa shape index (κ1) is 13.4. The van der Waals surface area contributed by atoms with E-state index in [0.29, 0.717) is 19.6 Å². The Hall–Kier alpha value is -0.610. The Balaban J connectivity index is 3.73. The molecule has 1 amide bonds. The maximum atomic E-state index is 11.5. The minimum absolute atomic E-state index is 0.0140. The second-order valence-corrected chi connectivity index (χ2v) is 3.69.